The number of ketones is 1. The Hall–Kier alpha value is -1.88. The molecule has 0 radical (unpaired) electrons. The summed E-state index contributed by atoms with van der Waals surface area (Å²) in [5.74, 6) is -0.0887. The molecule has 0 saturated carbocycles. The van der Waals surface area contributed by atoms with E-state index in [0.29, 0.717) is 23.7 Å². The van der Waals surface area contributed by atoms with E-state index in [2.05, 4.69) is 5.32 Å². The summed E-state index contributed by atoms with van der Waals surface area (Å²) in [6, 6.07) is 6.93. The Kier molecular flexibility index (Phi) is 6.16. The lowest BCUT2D eigenvalue weighted by Crippen LogP contribution is -2.46. The van der Waals surface area contributed by atoms with E-state index in [4.69, 9.17) is 11.6 Å². The van der Waals surface area contributed by atoms with Crippen LogP contribution in [0.2, 0.25) is 5.02 Å². The first kappa shape index (κ1) is 17.5. The number of hydrogen-bond donors (Lipinski definition) is 1. The lowest BCUT2D eigenvalue weighted by molar-refractivity contribution is -0.125. The third-order valence-electron chi connectivity index (χ3n) is 3.94. The maximum Gasteiger partial charge on any atom is 0.253 e. The first-order valence-electron chi connectivity index (χ1n) is 7.79. The summed E-state index contributed by atoms with van der Waals surface area (Å²) >= 11 is 5.83. The van der Waals surface area contributed by atoms with E-state index in [9.17, 15) is 14.4 Å². The molecule has 23 heavy (non-hydrogen) atoms. The largest absolute Gasteiger partial charge is 0.353 e. The van der Waals surface area contributed by atoms with Gasteiger partial charge in [0.15, 0.2) is 0 Å². The number of carbonyl (C=O) groups is 3. The van der Waals surface area contributed by atoms with Crippen LogP contribution in [0.3, 0.4) is 0 Å². The molecule has 0 spiro atoms. The molecule has 1 aliphatic heterocycles. The van der Waals surface area contributed by atoms with Crippen molar-refractivity contribution in [3.63, 3.8) is 0 Å². The van der Waals surface area contributed by atoms with Gasteiger partial charge >= 0.3 is 0 Å². The molecule has 5 nitrogen and oxygen atoms in total. The number of hydrogen-bond acceptors (Lipinski definition) is 3. The van der Waals surface area contributed by atoms with E-state index >= 15 is 0 Å². The molecule has 2 rings (SSSR count). The van der Waals surface area contributed by atoms with Crippen molar-refractivity contribution in [2.75, 3.05) is 13.1 Å². The second-order valence-corrected chi connectivity index (χ2v) is 6.28. The van der Waals surface area contributed by atoms with Gasteiger partial charge in [-0.1, -0.05) is 11.6 Å². The fraction of sp³-hybridized carbons (Fsp3) is 0.471. The number of rotatable bonds is 5. The number of Topliss-reactive ketones (excluding diaryl/α,β-unsaturated/α-hetero) is 1. The average Bonchev–Trinajstić information content (AvgIpc) is 2.54. The number of halogens is 1. The van der Waals surface area contributed by atoms with Crippen LogP contribution in [0.4, 0.5) is 0 Å². The fourth-order valence-electron chi connectivity index (χ4n) is 2.59. The Morgan fingerprint density at radius 3 is 2.30 bits per heavy atom. The number of nitrogens with zero attached hydrogens (tertiary/aromatic N) is 1. The van der Waals surface area contributed by atoms with Gasteiger partial charge in [0.25, 0.3) is 5.91 Å². The van der Waals surface area contributed by atoms with Crippen molar-refractivity contribution in [3.05, 3.63) is 34.9 Å². The molecule has 0 bridgehead atoms. The number of likely N-dealkylation sites (tertiary alicyclic amines) is 1. The standard InChI is InChI=1S/C17H21ClN2O3/c1-12(21)2-7-16(22)19-15-8-10-20(11-9-15)17(23)13-3-5-14(18)6-4-13/h3-6,15H,2,7-11H2,1H3,(H,19,22). The highest BCUT2D eigenvalue weighted by molar-refractivity contribution is 6.30. The van der Waals surface area contributed by atoms with Gasteiger partial charge in [0.1, 0.15) is 5.78 Å². The molecule has 124 valence electrons. The molecule has 0 atom stereocenters. The van der Waals surface area contributed by atoms with Gasteiger partial charge in [-0.25, -0.2) is 0 Å². The van der Waals surface area contributed by atoms with E-state index in [1.54, 1.807) is 29.2 Å². The van der Waals surface area contributed by atoms with Gasteiger partial charge in [-0.05, 0) is 44.0 Å². The Labute approximate surface area is 141 Å². The third-order valence-corrected chi connectivity index (χ3v) is 4.19. The van der Waals surface area contributed by atoms with Crippen LogP contribution in [0.15, 0.2) is 24.3 Å². The van der Waals surface area contributed by atoms with Crippen molar-refractivity contribution in [2.24, 2.45) is 0 Å². The van der Waals surface area contributed by atoms with Crippen molar-refractivity contribution < 1.29 is 14.4 Å². The van der Waals surface area contributed by atoms with Crippen LogP contribution < -0.4 is 5.32 Å². The Morgan fingerprint density at radius 1 is 1.13 bits per heavy atom. The van der Waals surface area contributed by atoms with E-state index in [0.717, 1.165) is 12.8 Å². The van der Waals surface area contributed by atoms with Gasteiger partial charge in [-0.15, -0.1) is 0 Å². The van der Waals surface area contributed by atoms with Crippen LogP contribution >= 0.6 is 11.6 Å². The van der Waals surface area contributed by atoms with E-state index in [1.165, 1.54) is 6.92 Å². The molecule has 1 N–H and O–H groups in total. The summed E-state index contributed by atoms with van der Waals surface area (Å²) in [5, 5.41) is 3.54. The van der Waals surface area contributed by atoms with Crippen LogP contribution in [0.1, 0.15) is 43.0 Å². The lowest BCUT2D eigenvalue weighted by atomic mass is 10.0. The zero-order valence-electron chi connectivity index (χ0n) is 13.2. The number of nitrogens with one attached hydrogen (secondary N) is 1. The zero-order valence-corrected chi connectivity index (χ0v) is 13.9. The molecule has 1 aromatic rings. The maximum absolute atomic E-state index is 12.4. The minimum atomic E-state index is -0.0947. The Balaban J connectivity index is 1.79. The van der Waals surface area contributed by atoms with Gasteiger partial charge in [-0.3, -0.25) is 9.59 Å². The van der Waals surface area contributed by atoms with Crippen LogP contribution in [0, 0.1) is 0 Å². The van der Waals surface area contributed by atoms with Crippen LogP contribution in [0.5, 0.6) is 0 Å². The highest BCUT2D eigenvalue weighted by atomic mass is 35.5. The minimum Gasteiger partial charge on any atom is -0.353 e. The van der Waals surface area contributed by atoms with Crippen molar-refractivity contribution in [3.8, 4) is 0 Å². The first-order valence-corrected chi connectivity index (χ1v) is 8.17. The van der Waals surface area contributed by atoms with Gasteiger partial charge in [-0.2, -0.15) is 0 Å². The molecular weight excluding hydrogens is 316 g/mol. The summed E-state index contributed by atoms with van der Waals surface area (Å²) in [6.45, 7) is 2.70. The van der Waals surface area contributed by atoms with Crippen molar-refractivity contribution in [1.82, 2.24) is 10.2 Å². The summed E-state index contributed by atoms with van der Waals surface area (Å²) in [4.78, 5) is 36.8. The summed E-state index contributed by atoms with van der Waals surface area (Å²) in [5.41, 5.74) is 0.623. The quantitative estimate of drug-likeness (QED) is 0.898. The first-order chi connectivity index (χ1) is 11.0. The van der Waals surface area contributed by atoms with E-state index < -0.39 is 0 Å². The van der Waals surface area contributed by atoms with Crippen molar-refractivity contribution in [1.29, 1.82) is 0 Å². The molecule has 1 fully saturated rings. The second-order valence-electron chi connectivity index (χ2n) is 5.84. The molecule has 0 aromatic heterocycles. The van der Waals surface area contributed by atoms with Gasteiger partial charge in [0, 0.05) is 42.6 Å². The maximum atomic E-state index is 12.4. The summed E-state index contributed by atoms with van der Waals surface area (Å²) in [7, 11) is 0. The van der Waals surface area contributed by atoms with Crippen LogP contribution in [-0.2, 0) is 9.59 Å². The van der Waals surface area contributed by atoms with Crippen LogP contribution in [0.25, 0.3) is 0 Å². The van der Waals surface area contributed by atoms with Gasteiger partial charge in [0.05, 0.1) is 0 Å². The molecule has 0 aliphatic carbocycles. The predicted molar refractivity (Wildman–Crippen MR) is 88.4 cm³/mol. The SMILES string of the molecule is CC(=O)CCC(=O)NC1CCN(C(=O)c2ccc(Cl)cc2)CC1. The number of benzene rings is 1. The molecule has 1 aromatic carbocycles. The molecule has 1 saturated heterocycles. The zero-order chi connectivity index (χ0) is 16.8. The van der Waals surface area contributed by atoms with Gasteiger partial charge < -0.3 is 15.0 Å². The number of amides is 2. The normalized spacial score (nSPS) is 15.3. The van der Waals surface area contributed by atoms with E-state index in [-0.39, 0.29) is 36.5 Å². The number of piperidine rings is 1. The Morgan fingerprint density at radius 2 is 1.74 bits per heavy atom. The smallest absolute Gasteiger partial charge is 0.253 e. The molecule has 6 heteroatoms. The van der Waals surface area contributed by atoms with Crippen molar-refractivity contribution >= 4 is 29.2 Å². The Bertz CT molecular complexity index is 578. The highest BCUT2D eigenvalue weighted by Gasteiger charge is 2.24. The minimum absolute atomic E-state index is 0.0111. The second kappa shape index (κ2) is 8.11. The van der Waals surface area contributed by atoms with Gasteiger partial charge in [0.2, 0.25) is 5.91 Å². The molecule has 2 amide bonds. The third kappa shape index (κ3) is 5.36. The molecular formula is C17H21ClN2O3. The predicted octanol–water partition coefficient (Wildman–Crippen LogP) is 2.43. The average molecular weight is 337 g/mol. The van der Waals surface area contributed by atoms with Crippen molar-refractivity contribution in [2.45, 2.75) is 38.6 Å². The van der Waals surface area contributed by atoms with Crippen LogP contribution in [-0.4, -0.2) is 41.6 Å². The lowest BCUT2D eigenvalue weighted by Gasteiger charge is -2.32. The summed E-state index contributed by atoms with van der Waals surface area (Å²) in [6.07, 6.45) is 1.97. The number of carbonyl (C=O) groups excluding carboxylic acids is 3. The molecule has 0 unspecified atom stereocenters. The van der Waals surface area contributed by atoms with E-state index in [1.807, 2.05) is 0 Å². The highest BCUT2D eigenvalue weighted by Crippen LogP contribution is 2.16. The molecule has 1 aliphatic rings. The monoisotopic (exact) mass is 336 g/mol. The molecule has 1 heterocycles. The fourth-order valence-corrected chi connectivity index (χ4v) is 2.72. The topological polar surface area (TPSA) is 66.5 Å². The summed E-state index contributed by atoms with van der Waals surface area (Å²) < 4.78 is 0.